The molecule has 1 aliphatic rings. The fourth-order valence-electron chi connectivity index (χ4n) is 3.54. The van der Waals surface area contributed by atoms with E-state index >= 15 is 0 Å². The molecular weight excluding hydrogens is 367 g/mol. The van der Waals surface area contributed by atoms with E-state index in [0.717, 1.165) is 41.7 Å². The first-order chi connectivity index (χ1) is 14.1. The van der Waals surface area contributed by atoms with Crippen molar-refractivity contribution < 1.29 is 9.18 Å². The highest BCUT2D eigenvalue weighted by atomic mass is 19.1. The summed E-state index contributed by atoms with van der Waals surface area (Å²) >= 11 is 0. The third-order valence-corrected chi connectivity index (χ3v) is 5.22. The van der Waals surface area contributed by atoms with Gasteiger partial charge in [0.05, 0.1) is 5.52 Å². The maximum absolute atomic E-state index is 13.0. The van der Waals surface area contributed by atoms with Crippen molar-refractivity contribution in [3.63, 3.8) is 0 Å². The zero-order valence-electron chi connectivity index (χ0n) is 16.1. The molecule has 0 saturated carbocycles. The van der Waals surface area contributed by atoms with Gasteiger partial charge in [-0.15, -0.1) is 0 Å². The van der Waals surface area contributed by atoms with Crippen LogP contribution < -0.4 is 5.73 Å². The van der Waals surface area contributed by atoms with E-state index in [2.05, 4.69) is 9.88 Å². The third kappa shape index (κ3) is 4.60. The number of piperazine rings is 1. The summed E-state index contributed by atoms with van der Waals surface area (Å²) in [5.41, 5.74) is 9.46. The van der Waals surface area contributed by atoms with Gasteiger partial charge in [0.1, 0.15) is 5.82 Å². The van der Waals surface area contributed by atoms with E-state index in [-0.39, 0.29) is 11.7 Å². The van der Waals surface area contributed by atoms with Gasteiger partial charge in [0, 0.05) is 56.1 Å². The van der Waals surface area contributed by atoms with Gasteiger partial charge in [-0.25, -0.2) is 4.39 Å². The zero-order valence-corrected chi connectivity index (χ0v) is 16.1. The lowest BCUT2D eigenvalue weighted by atomic mass is 10.1. The summed E-state index contributed by atoms with van der Waals surface area (Å²) in [5.74, 6) is -0.245. The molecule has 1 fully saturated rings. The molecule has 148 valence electrons. The molecule has 3 aromatic rings. The number of carbonyl (C=O) groups is 1. The molecule has 1 aromatic heterocycles. The first-order valence-corrected chi connectivity index (χ1v) is 9.66. The number of fused-ring (bicyclic) bond motifs is 1. The number of nitrogen functional groups attached to an aromatic ring is 1. The van der Waals surface area contributed by atoms with Crippen LogP contribution in [0.5, 0.6) is 0 Å². The maximum atomic E-state index is 13.0. The van der Waals surface area contributed by atoms with E-state index < -0.39 is 0 Å². The molecular formula is C23H23FN4O. The Morgan fingerprint density at radius 3 is 2.62 bits per heavy atom. The molecule has 0 bridgehead atoms. The van der Waals surface area contributed by atoms with Crippen molar-refractivity contribution in [2.24, 2.45) is 0 Å². The first-order valence-electron chi connectivity index (χ1n) is 9.66. The van der Waals surface area contributed by atoms with Gasteiger partial charge in [-0.2, -0.15) is 0 Å². The summed E-state index contributed by atoms with van der Waals surface area (Å²) in [5, 5.41) is 0.978. The monoisotopic (exact) mass is 390 g/mol. The van der Waals surface area contributed by atoms with Gasteiger partial charge in [-0.3, -0.25) is 14.7 Å². The van der Waals surface area contributed by atoms with Crippen LogP contribution in [0.2, 0.25) is 0 Å². The fourth-order valence-corrected chi connectivity index (χ4v) is 3.54. The van der Waals surface area contributed by atoms with Crippen LogP contribution in [0.25, 0.3) is 17.0 Å². The lowest BCUT2D eigenvalue weighted by molar-refractivity contribution is -0.127. The van der Waals surface area contributed by atoms with E-state index in [0.29, 0.717) is 18.8 Å². The van der Waals surface area contributed by atoms with E-state index in [9.17, 15) is 9.18 Å². The molecule has 2 heterocycles. The minimum atomic E-state index is -0.223. The Kier molecular flexibility index (Phi) is 5.53. The smallest absolute Gasteiger partial charge is 0.246 e. The number of pyridine rings is 1. The van der Waals surface area contributed by atoms with Gasteiger partial charge in [-0.1, -0.05) is 18.2 Å². The second kappa shape index (κ2) is 8.41. The second-order valence-electron chi connectivity index (χ2n) is 7.24. The second-order valence-corrected chi connectivity index (χ2v) is 7.24. The number of amides is 1. The number of carbonyl (C=O) groups excluding carboxylic acids is 1. The van der Waals surface area contributed by atoms with E-state index in [1.807, 2.05) is 29.2 Å². The molecule has 6 heteroatoms. The number of hydrogen-bond donors (Lipinski definition) is 1. The Bertz CT molecular complexity index is 1040. The van der Waals surface area contributed by atoms with Gasteiger partial charge < -0.3 is 10.6 Å². The number of nitrogens with zero attached hydrogens (tertiary/aromatic N) is 3. The number of benzene rings is 2. The Balaban J connectivity index is 1.35. The fraction of sp³-hybridized carbons (Fsp3) is 0.217. The Labute approximate surface area is 169 Å². The third-order valence-electron chi connectivity index (χ3n) is 5.22. The van der Waals surface area contributed by atoms with Gasteiger partial charge in [0.25, 0.3) is 0 Å². The van der Waals surface area contributed by atoms with Crippen LogP contribution in [0.1, 0.15) is 11.1 Å². The van der Waals surface area contributed by atoms with Gasteiger partial charge >= 0.3 is 0 Å². The maximum Gasteiger partial charge on any atom is 0.246 e. The Morgan fingerprint density at radius 1 is 1.10 bits per heavy atom. The first kappa shape index (κ1) is 19.1. The van der Waals surface area contributed by atoms with Crippen LogP contribution >= 0.6 is 0 Å². The highest BCUT2D eigenvalue weighted by molar-refractivity contribution is 5.94. The van der Waals surface area contributed by atoms with E-state index in [4.69, 9.17) is 5.73 Å². The molecule has 4 rings (SSSR count). The van der Waals surface area contributed by atoms with Crippen molar-refractivity contribution in [3.05, 3.63) is 77.7 Å². The lowest BCUT2D eigenvalue weighted by Crippen LogP contribution is -2.47. The predicted molar refractivity (Wildman–Crippen MR) is 113 cm³/mol. The van der Waals surface area contributed by atoms with E-state index in [1.54, 1.807) is 30.5 Å². The van der Waals surface area contributed by atoms with Gasteiger partial charge in [0.15, 0.2) is 0 Å². The van der Waals surface area contributed by atoms with Crippen molar-refractivity contribution in [2.45, 2.75) is 6.54 Å². The summed E-state index contributed by atoms with van der Waals surface area (Å²) in [6.45, 7) is 3.68. The minimum Gasteiger partial charge on any atom is -0.398 e. The molecule has 0 spiro atoms. The highest BCUT2D eigenvalue weighted by Gasteiger charge is 2.19. The Morgan fingerprint density at radius 2 is 1.86 bits per heavy atom. The summed E-state index contributed by atoms with van der Waals surface area (Å²) in [6.07, 6.45) is 5.08. The molecule has 0 atom stereocenters. The molecule has 2 N–H and O–H groups in total. The summed E-state index contributed by atoms with van der Waals surface area (Å²) in [4.78, 5) is 21.0. The van der Waals surface area contributed by atoms with Crippen molar-refractivity contribution in [2.75, 3.05) is 31.9 Å². The van der Waals surface area contributed by atoms with Crippen LogP contribution in [0.15, 0.2) is 60.8 Å². The van der Waals surface area contributed by atoms with Crippen LogP contribution in [0.4, 0.5) is 10.1 Å². The molecule has 1 aliphatic heterocycles. The average Bonchev–Trinajstić information content (AvgIpc) is 2.74. The molecule has 0 radical (unpaired) electrons. The van der Waals surface area contributed by atoms with Gasteiger partial charge in [0.2, 0.25) is 5.91 Å². The number of halogens is 1. The van der Waals surface area contributed by atoms with Gasteiger partial charge in [-0.05, 0) is 47.5 Å². The van der Waals surface area contributed by atoms with Crippen molar-refractivity contribution in [3.8, 4) is 0 Å². The molecule has 2 aromatic carbocycles. The number of hydrogen-bond acceptors (Lipinski definition) is 4. The molecule has 29 heavy (non-hydrogen) atoms. The number of nitrogens with two attached hydrogens (primary N) is 1. The standard InChI is InChI=1S/C23H23FN4O/c24-20-6-3-17(4-7-20)16-27-10-12-28(13-11-27)23(29)8-5-18-15-22-19(14-21(18)25)2-1-9-26-22/h1-9,14-15H,10-13,16,25H2/b8-5+. The van der Waals surface area contributed by atoms with Crippen LogP contribution in [0.3, 0.4) is 0 Å². The molecule has 1 saturated heterocycles. The highest BCUT2D eigenvalue weighted by Crippen LogP contribution is 2.21. The van der Waals surface area contributed by atoms with Crippen molar-refractivity contribution in [1.82, 2.24) is 14.8 Å². The normalized spacial score (nSPS) is 15.3. The molecule has 0 unspecified atom stereocenters. The SMILES string of the molecule is Nc1cc2cccnc2cc1/C=C/C(=O)N1CCN(Cc2ccc(F)cc2)CC1. The zero-order chi connectivity index (χ0) is 20.2. The molecule has 5 nitrogen and oxygen atoms in total. The van der Waals surface area contributed by atoms with Crippen LogP contribution in [-0.2, 0) is 11.3 Å². The molecule has 0 aliphatic carbocycles. The van der Waals surface area contributed by atoms with Crippen LogP contribution in [-0.4, -0.2) is 46.9 Å². The lowest BCUT2D eigenvalue weighted by Gasteiger charge is -2.34. The summed E-state index contributed by atoms with van der Waals surface area (Å²) < 4.78 is 13.0. The largest absolute Gasteiger partial charge is 0.398 e. The molecule has 1 amide bonds. The predicted octanol–water partition coefficient (Wildman–Crippen LogP) is 3.31. The number of rotatable bonds is 4. The van der Waals surface area contributed by atoms with Crippen molar-refractivity contribution >= 4 is 28.6 Å². The quantitative estimate of drug-likeness (QED) is 0.548. The van der Waals surface area contributed by atoms with Crippen LogP contribution in [0, 0.1) is 5.82 Å². The average molecular weight is 390 g/mol. The number of anilines is 1. The van der Waals surface area contributed by atoms with E-state index in [1.165, 1.54) is 12.1 Å². The number of aromatic nitrogens is 1. The minimum absolute atomic E-state index is 0.0213. The topological polar surface area (TPSA) is 62.5 Å². The van der Waals surface area contributed by atoms with Crippen molar-refractivity contribution in [1.29, 1.82) is 0 Å². The Hall–Kier alpha value is -3.25. The summed E-state index contributed by atoms with van der Waals surface area (Å²) in [7, 11) is 0. The summed E-state index contributed by atoms with van der Waals surface area (Å²) in [6, 6.07) is 14.2.